The molecule has 0 aliphatic heterocycles. The molecule has 18 heavy (non-hydrogen) atoms. The second-order valence-corrected chi connectivity index (χ2v) is 6.20. The highest BCUT2D eigenvalue weighted by Crippen LogP contribution is 2.26. The van der Waals surface area contributed by atoms with Crippen molar-refractivity contribution in [2.75, 3.05) is 5.73 Å². The lowest BCUT2D eigenvalue weighted by Gasteiger charge is -2.05. The van der Waals surface area contributed by atoms with Gasteiger partial charge in [-0.25, -0.2) is 9.97 Å². The number of nitrogen functional groups attached to an aromatic ring is 1. The summed E-state index contributed by atoms with van der Waals surface area (Å²) in [5, 5.41) is 1.78. The van der Waals surface area contributed by atoms with E-state index in [0.29, 0.717) is 20.0 Å². The minimum Gasteiger partial charge on any atom is -0.605 e. The third-order valence-corrected chi connectivity index (χ3v) is 4.72. The van der Waals surface area contributed by atoms with Gasteiger partial charge in [0.05, 0.1) is 17.4 Å². The maximum absolute atomic E-state index is 12.2. The lowest BCUT2D eigenvalue weighted by atomic mass is 10.3. The fourth-order valence-corrected chi connectivity index (χ4v) is 3.45. The third-order valence-electron chi connectivity index (χ3n) is 2.31. The number of pyridine rings is 2. The van der Waals surface area contributed by atoms with E-state index in [1.165, 1.54) is 17.5 Å². The van der Waals surface area contributed by atoms with E-state index in [1.54, 1.807) is 12.3 Å². The molecule has 0 spiro atoms. The van der Waals surface area contributed by atoms with Crippen LogP contribution < -0.4 is 5.73 Å². The molecule has 0 fully saturated rings. The Morgan fingerprint density at radius 2 is 2.11 bits per heavy atom. The summed E-state index contributed by atoms with van der Waals surface area (Å²) in [5.41, 5.74) is 6.11. The predicted molar refractivity (Wildman–Crippen MR) is 70.7 cm³/mol. The molecule has 0 saturated carbocycles. The Bertz CT molecular complexity index is 700. The van der Waals surface area contributed by atoms with Gasteiger partial charge in [-0.15, -0.1) is 0 Å². The standard InChI is InChI=1S/C11H8N4OS2/c12-11-14-6-9(17-11)18(16)8-4-3-7-2-1-5-13-10(7)15-8/h1-6H,(H2,12,14). The third kappa shape index (κ3) is 2.03. The highest BCUT2D eigenvalue weighted by Gasteiger charge is 2.20. The summed E-state index contributed by atoms with van der Waals surface area (Å²) < 4.78 is 12.8. The van der Waals surface area contributed by atoms with Gasteiger partial charge < -0.3 is 10.3 Å². The van der Waals surface area contributed by atoms with Crippen molar-refractivity contribution in [2.45, 2.75) is 9.24 Å². The van der Waals surface area contributed by atoms with Gasteiger partial charge in [0.1, 0.15) is 0 Å². The van der Waals surface area contributed by atoms with Crippen LogP contribution in [0.15, 0.2) is 45.9 Å². The molecule has 0 aromatic carbocycles. The topological polar surface area (TPSA) is 87.8 Å². The van der Waals surface area contributed by atoms with Gasteiger partial charge in [0.2, 0.25) is 4.21 Å². The molecule has 90 valence electrons. The van der Waals surface area contributed by atoms with Gasteiger partial charge in [-0.2, -0.15) is 4.98 Å². The van der Waals surface area contributed by atoms with Crippen LogP contribution in [-0.4, -0.2) is 19.5 Å². The number of rotatable bonds is 2. The summed E-state index contributed by atoms with van der Waals surface area (Å²) >= 11 is -0.155. The molecule has 3 heterocycles. The van der Waals surface area contributed by atoms with Crippen LogP contribution in [0.1, 0.15) is 0 Å². The van der Waals surface area contributed by atoms with Crippen LogP contribution in [-0.2, 0) is 11.2 Å². The summed E-state index contributed by atoms with van der Waals surface area (Å²) in [6, 6.07) is 7.33. The van der Waals surface area contributed by atoms with E-state index in [9.17, 15) is 4.55 Å². The van der Waals surface area contributed by atoms with Gasteiger partial charge in [0.25, 0.3) is 5.03 Å². The number of thiazole rings is 1. The first-order chi connectivity index (χ1) is 8.74. The van der Waals surface area contributed by atoms with Crippen LogP contribution in [0.2, 0.25) is 0 Å². The van der Waals surface area contributed by atoms with Crippen molar-refractivity contribution in [1.29, 1.82) is 0 Å². The quantitative estimate of drug-likeness (QED) is 0.721. The molecule has 3 rings (SSSR count). The molecule has 0 amide bonds. The monoisotopic (exact) mass is 276 g/mol. The molecule has 1 unspecified atom stereocenters. The van der Waals surface area contributed by atoms with Gasteiger partial charge in [0.15, 0.2) is 10.8 Å². The zero-order valence-electron chi connectivity index (χ0n) is 9.11. The number of fused-ring (bicyclic) bond motifs is 1. The molecule has 3 aromatic rings. The van der Waals surface area contributed by atoms with E-state index in [2.05, 4.69) is 15.0 Å². The molecule has 0 saturated heterocycles. The van der Waals surface area contributed by atoms with Crippen molar-refractivity contribution >= 4 is 38.7 Å². The van der Waals surface area contributed by atoms with E-state index in [1.807, 2.05) is 18.2 Å². The summed E-state index contributed by atoms with van der Waals surface area (Å²) in [5.74, 6) is 0. The first-order valence-electron chi connectivity index (χ1n) is 5.09. The van der Waals surface area contributed by atoms with E-state index in [4.69, 9.17) is 5.73 Å². The van der Waals surface area contributed by atoms with Gasteiger partial charge in [-0.1, -0.05) is 0 Å². The van der Waals surface area contributed by atoms with Crippen LogP contribution in [0.4, 0.5) is 5.13 Å². The average molecular weight is 276 g/mol. The second-order valence-electron chi connectivity index (χ2n) is 3.49. The molecule has 7 heteroatoms. The Labute approximate surface area is 110 Å². The van der Waals surface area contributed by atoms with E-state index < -0.39 is 11.2 Å². The minimum atomic E-state index is -1.36. The second kappa shape index (κ2) is 4.52. The number of aromatic nitrogens is 3. The zero-order valence-corrected chi connectivity index (χ0v) is 10.7. The van der Waals surface area contributed by atoms with Crippen molar-refractivity contribution in [2.24, 2.45) is 0 Å². The first-order valence-corrected chi connectivity index (χ1v) is 7.05. The van der Waals surface area contributed by atoms with Crippen LogP contribution in [0.5, 0.6) is 0 Å². The number of hydrogen-bond donors (Lipinski definition) is 1. The van der Waals surface area contributed by atoms with Gasteiger partial charge in [-0.3, -0.25) is 0 Å². The molecule has 0 aliphatic carbocycles. The van der Waals surface area contributed by atoms with Crippen molar-refractivity contribution in [1.82, 2.24) is 15.0 Å². The minimum absolute atomic E-state index is 0.400. The SMILES string of the molecule is Nc1ncc([S+]([O-])c2ccc3cccnc3n2)s1. The van der Waals surface area contributed by atoms with Crippen LogP contribution in [0.25, 0.3) is 11.0 Å². The van der Waals surface area contributed by atoms with E-state index >= 15 is 0 Å². The Balaban J connectivity index is 2.03. The van der Waals surface area contributed by atoms with Gasteiger partial charge in [0, 0.05) is 17.6 Å². The Hall–Kier alpha value is -1.70. The smallest absolute Gasteiger partial charge is 0.253 e. The van der Waals surface area contributed by atoms with E-state index in [-0.39, 0.29) is 0 Å². The van der Waals surface area contributed by atoms with Crippen molar-refractivity contribution in [3.05, 3.63) is 36.7 Å². The normalized spacial score (nSPS) is 12.7. The zero-order chi connectivity index (χ0) is 12.5. The van der Waals surface area contributed by atoms with Crippen molar-refractivity contribution in [3.8, 4) is 0 Å². The van der Waals surface area contributed by atoms with Gasteiger partial charge >= 0.3 is 0 Å². The predicted octanol–water partition coefficient (Wildman–Crippen LogP) is 1.84. The lowest BCUT2D eigenvalue weighted by molar-refractivity contribution is 0.593. The lowest BCUT2D eigenvalue weighted by Crippen LogP contribution is -2.03. The number of anilines is 1. The molecule has 0 radical (unpaired) electrons. The Morgan fingerprint density at radius 1 is 1.22 bits per heavy atom. The van der Waals surface area contributed by atoms with E-state index in [0.717, 1.165) is 5.39 Å². The summed E-state index contributed by atoms with van der Waals surface area (Å²) in [4.78, 5) is 12.3. The summed E-state index contributed by atoms with van der Waals surface area (Å²) in [6.45, 7) is 0. The molecular formula is C11H8N4OS2. The van der Waals surface area contributed by atoms with Gasteiger partial charge in [-0.05, 0) is 29.5 Å². The van der Waals surface area contributed by atoms with Crippen molar-refractivity contribution < 1.29 is 4.55 Å². The fourth-order valence-electron chi connectivity index (χ4n) is 1.50. The van der Waals surface area contributed by atoms with Crippen molar-refractivity contribution in [3.63, 3.8) is 0 Å². The summed E-state index contributed by atoms with van der Waals surface area (Å²) in [7, 11) is 0. The number of hydrogen-bond acceptors (Lipinski definition) is 6. The van der Waals surface area contributed by atoms with Crippen LogP contribution in [0.3, 0.4) is 0 Å². The largest absolute Gasteiger partial charge is 0.605 e. The molecular weight excluding hydrogens is 268 g/mol. The molecule has 1 atom stereocenters. The number of nitrogens with zero attached hydrogens (tertiary/aromatic N) is 3. The Morgan fingerprint density at radius 3 is 2.89 bits per heavy atom. The molecule has 3 aromatic heterocycles. The first kappa shape index (κ1) is 11.4. The number of nitrogens with two attached hydrogens (primary N) is 1. The van der Waals surface area contributed by atoms with Crippen LogP contribution in [0, 0.1) is 0 Å². The highest BCUT2D eigenvalue weighted by molar-refractivity contribution is 7.93. The molecule has 0 aliphatic rings. The highest BCUT2D eigenvalue weighted by atomic mass is 32.2. The molecule has 0 bridgehead atoms. The fraction of sp³-hybridized carbons (Fsp3) is 0. The maximum atomic E-state index is 12.2. The summed E-state index contributed by atoms with van der Waals surface area (Å²) in [6.07, 6.45) is 3.17. The molecule has 2 N–H and O–H groups in total. The van der Waals surface area contributed by atoms with Crippen LogP contribution >= 0.6 is 11.3 Å². The maximum Gasteiger partial charge on any atom is 0.253 e. The molecule has 5 nitrogen and oxygen atoms in total. The average Bonchev–Trinajstić information content (AvgIpc) is 2.84. The Kier molecular flexibility index (Phi) is 2.86.